The van der Waals surface area contributed by atoms with E-state index in [1.54, 1.807) is 6.07 Å². The molecule has 0 N–H and O–H groups in total. The molecule has 3 nitrogen and oxygen atoms in total. The van der Waals surface area contributed by atoms with Crippen LogP contribution in [0, 0.1) is 0 Å². The summed E-state index contributed by atoms with van der Waals surface area (Å²) in [6, 6.07) is 5.94. The Morgan fingerprint density at radius 1 is 1.25 bits per heavy atom. The van der Waals surface area contributed by atoms with Crippen LogP contribution in [0.4, 0.5) is 0 Å². The second-order valence-electron chi connectivity index (χ2n) is 3.10. The number of alkyl halides is 2. The molecule has 0 aliphatic heterocycles. The zero-order valence-electron chi connectivity index (χ0n) is 8.08. The predicted octanol–water partition coefficient (Wildman–Crippen LogP) is 2.70. The highest BCUT2D eigenvalue weighted by molar-refractivity contribution is 7.95. The van der Waals surface area contributed by atoms with Gasteiger partial charge in [0, 0.05) is 11.8 Å². The number of hydrogen-bond donors (Lipinski definition) is 0. The minimum absolute atomic E-state index is 0.0282. The summed E-state index contributed by atoms with van der Waals surface area (Å²) in [5.41, 5.74) is -0.0282. The monoisotopic (exact) mass is 300 g/mol. The van der Waals surface area contributed by atoms with E-state index in [4.69, 9.17) is 34.8 Å². The highest BCUT2D eigenvalue weighted by Crippen LogP contribution is 2.33. The van der Waals surface area contributed by atoms with Crippen molar-refractivity contribution < 1.29 is 13.2 Å². The van der Waals surface area contributed by atoms with Gasteiger partial charge in [-0.25, -0.2) is 8.42 Å². The van der Waals surface area contributed by atoms with Crippen LogP contribution in [0.15, 0.2) is 24.3 Å². The number of ketones is 1. The average molecular weight is 302 g/mol. The molecule has 0 saturated heterocycles. The van der Waals surface area contributed by atoms with Gasteiger partial charge in [-0.15, -0.1) is 0 Å². The Kier molecular flexibility index (Phi) is 3.90. The van der Waals surface area contributed by atoms with Gasteiger partial charge in [0.15, 0.2) is 9.84 Å². The number of Topliss-reactive ketones (excluding diaryl/α,β-unsaturated/α-hetero) is 1. The molecular formula is C9H7Cl3O3S. The molecule has 0 saturated carbocycles. The highest BCUT2D eigenvalue weighted by atomic mass is 35.5. The van der Waals surface area contributed by atoms with Gasteiger partial charge in [-0.05, 0) is 12.1 Å². The lowest BCUT2D eigenvalue weighted by Gasteiger charge is -2.16. The summed E-state index contributed by atoms with van der Waals surface area (Å²) in [6.45, 7) is 0. The van der Waals surface area contributed by atoms with Gasteiger partial charge in [-0.2, -0.15) is 0 Å². The van der Waals surface area contributed by atoms with E-state index in [0.717, 1.165) is 6.26 Å². The van der Waals surface area contributed by atoms with Gasteiger partial charge in [0.25, 0.3) is 3.67 Å². The molecule has 88 valence electrons. The van der Waals surface area contributed by atoms with Crippen molar-refractivity contribution in [2.45, 2.75) is 3.67 Å². The molecule has 0 unspecified atom stereocenters. The second kappa shape index (κ2) is 4.53. The van der Waals surface area contributed by atoms with E-state index in [0.29, 0.717) is 0 Å². The first-order valence-electron chi connectivity index (χ1n) is 4.04. The van der Waals surface area contributed by atoms with Crippen molar-refractivity contribution in [2.75, 3.05) is 6.26 Å². The summed E-state index contributed by atoms with van der Waals surface area (Å²) in [5, 5.41) is 0.0989. The third-order valence-corrected chi connectivity index (χ3v) is 5.32. The number of sulfone groups is 1. The van der Waals surface area contributed by atoms with Crippen LogP contribution in [0.2, 0.25) is 5.02 Å². The lowest BCUT2D eigenvalue weighted by molar-refractivity contribution is 0.0996. The minimum atomic E-state index is -3.94. The SMILES string of the molecule is CS(=O)(=O)C(Cl)(Cl)C(=O)c1ccccc1Cl. The van der Waals surface area contributed by atoms with E-state index in [-0.39, 0.29) is 10.6 Å². The van der Waals surface area contributed by atoms with Gasteiger partial charge < -0.3 is 0 Å². The topological polar surface area (TPSA) is 51.2 Å². The molecule has 0 aromatic heterocycles. The molecule has 1 aromatic rings. The molecule has 0 heterocycles. The van der Waals surface area contributed by atoms with Crippen LogP contribution in [-0.4, -0.2) is 24.1 Å². The Morgan fingerprint density at radius 2 is 1.75 bits per heavy atom. The third-order valence-electron chi connectivity index (χ3n) is 1.85. The van der Waals surface area contributed by atoms with Crippen LogP contribution in [0.3, 0.4) is 0 Å². The predicted molar refractivity (Wildman–Crippen MR) is 65.1 cm³/mol. The first-order valence-corrected chi connectivity index (χ1v) is 7.07. The maximum atomic E-state index is 11.8. The van der Waals surface area contributed by atoms with Crippen molar-refractivity contribution in [1.29, 1.82) is 0 Å². The largest absolute Gasteiger partial charge is 0.289 e. The Balaban J connectivity index is 3.29. The molecule has 0 fully saturated rings. The summed E-state index contributed by atoms with van der Waals surface area (Å²) in [4.78, 5) is 11.8. The smallest absolute Gasteiger partial charge is 0.280 e. The minimum Gasteiger partial charge on any atom is -0.289 e. The molecule has 0 spiro atoms. The van der Waals surface area contributed by atoms with Gasteiger partial charge >= 0.3 is 0 Å². The standard InChI is InChI=1S/C9H7Cl3O3S/c1-16(14,15)9(11,12)8(13)6-4-2-3-5-7(6)10/h2-5H,1H3. The first-order chi connectivity index (χ1) is 7.18. The quantitative estimate of drug-likeness (QED) is 0.637. The van der Waals surface area contributed by atoms with E-state index < -0.39 is 19.3 Å². The summed E-state index contributed by atoms with van der Waals surface area (Å²) in [6.07, 6.45) is 0.780. The average Bonchev–Trinajstić information content (AvgIpc) is 2.15. The van der Waals surface area contributed by atoms with Crippen LogP contribution in [0.5, 0.6) is 0 Å². The van der Waals surface area contributed by atoms with Gasteiger partial charge in [-0.3, -0.25) is 4.79 Å². The molecule has 0 amide bonds. The molecule has 0 radical (unpaired) electrons. The van der Waals surface area contributed by atoms with Crippen LogP contribution >= 0.6 is 34.8 Å². The Labute approximate surface area is 108 Å². The molecule has 0 aliphatic carbocycles. The van der Waals surface area contributed by atoms with Gasteiger partial charge in [-0.1, -0.05) is 46.9 Å². The highest BCUT2D eigenvalue weighted by Gasteiger charge is 2.45. The second-order valence-corrected chi connectivity index (χ2v) is 7.44. The van der Waals surface area contributed by atoms with Gasteiger partial charge in [0.2, 0.25) is 5.78 Å². The van der Waals surface area contributed by atoms with Gasteiger partial charge in [0.05, 0.1) is 5.02 Å². The fraction of sp³-hybridized carbons (Fsp3) is 0.222. The number of carbonyl (C=O) groups excluding carboxylic acids is 1. The van der Waals surface area contributed by atoms with Crippen molar-refractivity contribution in [3.63, 3.8) is 0 Å². The third kappa shape index (κ3) is 2.51. The van der Waals surface area contributed by atoms with Crippen LogP contribution < -0.4 is 0 Å². The zero-order chi connectivity index (χ0) is 12.6. The fourth-order valence-electron chi connectivity index (χ4n) is 0.971. The summed E-state index contributed by atoms with van der Waals surface area (Å²) in [5.74, 6) is -0.955. The van der Waals surface area contributed by atoms with E-state index in [2.05, 4.69) is 0 Å². The maximum absolute atomic E-state index is 11.8. The molecule has 0 atom stereocenters. The van der Waals surface area contributed by atoms with Crippen molar-refractivity contribution in [2.24, 2.45) is 0 Å². The Bertz CT molecular complexity index is 523. The molecule has 0 bridgehead atoms. The lowest BCUT2D eigenvalue weighted by Crippen LogP contribution is -2.35. The van der Waals surface area contributed by atoms with Crippen molar-refractivity contribution >= 4 is 50.4 Å². The fourth-order valence-corrected chi connectivity index (χ4v) is 1.84. The molecule has 1 rings (SSSR count). The van der Waals surface area contributed by atoms with Crippen LogP contribution in [0.1, 0.15) is 10.4 Å². The Morgan fingerprint density at radius 3 is 2.19 bits per heavy atom. The van der Waals surface area contributed by atoms with E-state index >= 15 is 0 Å². The van der Waals surface area contributed by atoms with E-state index in [9.17, 15) is 13.2 Å². The van der Waals surface area contributed by atoms with Gasteiger partial charge in [0.1, 0.15) is 0 Å². The number of hydrogen-bond acceptors (Lipinski definition) is 3. The van der Waals surface area contributed by atoms with E-state index in [1.165, 1.54) is 18.2 Å². The molecular weight excluding hydrogens is 295 g/mol. The summed E-state index contributed by atoms with van der Waals surface area (Å²) >= 11 is 16.8. The first kappa shape index (κ1) is 13.8. The molecule has 0 aliphatic rings. The summed E-state index contributed by atoms with van der Waals surface area (Å²) in [7, 11) is -3.94. The van der Waals surface area contributed by atoms with Crippen molar-refractivity contribution in [1.82, 2.24) is 0 Å². The number of halogens is 3. The van der Waals surface area contributed by atoms with Crippen molar-refractivity contribution in [3.8, 4) is 0 Å². The van der Waals surface area contributed by atoms with Crippen molar-refractivity contribution in [3.05, 3.63) is 34.9 Å². The zero-order valence-corrected chi connectivity index (χ0v) is 11.2. The van der Waals surface area contributed by atoms with E-state index in [1.807, 2.05) is 0 Å². The molecule has 7 heteroatoms. The summed E-state index contributed by atoms with van der Waals surface area (Å²) < 4.78 is 20.0. The Hall–Kier alpha value is -0.290. The number of rotatable bonds is 3. The maximum Gasteiger partial charge on any atom is 0.280 e. The number of benzene rings is 1. The normalized spacial score (nSPS) is 12.5. The van der Waals surface area contributed by atoms with Crippen LogP contribution in [0.25, 0.3) is 0 Å². The lowest BCUT2D eigenvalue weighted by atomic mass is 10.1. The molecule has 1 aromatic carbocycles. The molecule has 16 heavy (non-hydrogen) atoms. The number of carbonyl (C=O) groups is 1. The van der Waals surface area contributed by atoms with Crippen LogP contribution in [-0.2, 0) is 9.84 Å².